The number of hydrogen-bond donors (Lipinski definition) is 0. The van der Waals surface area contributed by atoms with Crippen LogP contribution in [0, 0.1) is 6.92 Å². The zero-order valence-corrected chi connectivity index (χ0v) is 13.9. The number of carbonyl (C=O) groups excluding carboxylic acids is 1. The van der Waals surface area contributed by atoms with E-state index in [1.165, 1.54) is 16.7 Å². The minimum absolute atomic E-state index is 0.236. The average Bonchev–Trinajstić information content (AvgIpc) is 3.09. The molecule has 1 atom stereocenters. The van der Waals surface area contributed by atoms with Gasteiger partial charge in [0, 0.05) is 16.0 Å². The Morgan fingerprint density at radius 1 is 1.35 bits per heavy atom. The molecule has 2 heterocycles. The lowest BCUT2D eigenvalue weighted by Crippen LogP contribution is -2.26. The molecule has 1 aliphatic carbocycles. The van der Waals surface area contributed by atoms with Crippen molar-refractivity contribution in [2.75, 3.05) is 0 Å². The van der Waals surface area contributed by atoms with Gasteiger partial charge in [0.2, 0.25) is 6.10 Å². The Morgan fingerprint density at radius 2 is 2.09 bits per heavy atom. The highest BCUT2D eigenvalue weighted by atomic mass is 32.1. The molecule has 0 bridgehead atoms. The van der Waals surface area contributed by atoms with Crippen LogP contribution < -0.4 is 0 Å². The molecule has 0 amide bonds. The Kier molecular flexibility index (Phi) is 4.46. The van der Waals surface area contributed by atoms with Crippen LogP contribution in [0.1, 0.15) is 49.8 Å². The molecule has 0 aliphatic heterocycles. The summed E-state index contributed by atoms with van der Waals surface area (Å²) >= 11 is 2.08. The first-order chi connectivity index (χ1) is 10.8. The second-order valence-corrected chi connectivity index (χ2v) is 7.45. The number of aromatic nitrogens is 1. The topological polar surface area (TPSA) is 39.2 Å². The van der Waals surface area contributed by atoms with E-state index in [1.807, 2.05) is 0 Å². The molecule has 2 aromatic rings. The van der Waals surface area contributed by atoms with Gasteiger partial charge in [-0.3, -0.25) is 0 Å². The minimum Gasteiger partial charge on any atom is -0.441 e. The number of hydrogen-bond acceptors (Lipinski definition) is 5. The Bertz CT molecular complexity index is 697. The van der Waals surface area contributed by atoms with E-state index in [2.05, 4.69) is 4.98 Å². The lowest BCUT2D eigenvalue weighted by Gasteiger charge is -2.18. The Balaban J connectivity index is 1.82. The molecule has 1 aliphatic rings. The number of esters is 1. The maximum Gasteiger partial charge on any atom is 0.432 e. The number of thiazole rings is 1. The number of carbonyl (C=O) groups is 1. The highest BCUT2D eigenvalue weighted by Crippen LogP contribution is 2.39. The van der Waals surface area contributed by atoms with Crippen molar-refractivity contribution in [2.24, 2.45) is 0 Å². The fourth-order valence-electron chi connectivity index (χ4n) is 2.51. The van der Waals surface area contributed by atoms with Crippen LogP contribution in [0.15, 0.2) is 11.4 Å². The third-order valence-electron chi connectivity index (χ3n) is 3.58. The zero-order chi connectivity index (χ0) is 16.6. The number of halogens is 3. The first-order valence-corrected chi connectivity index (χ1v) is 8.85. The second-order valence-electron chi connectivity index (χ2n) is 5.42. The van der Waals surface area contributed by atoms with Gasteiger partial charge in [0.15, 0.2) is 0 Å². The van der Waals surface area contributed by atoms with Gasteiger partial charge in [-0.1, -0.05) is 0 Å². The van der Waals surface area contributed by atoms with E-state index in [-0.39, 0.29) is 9.88 Å². The van der Waals surface area contributed by atoms with Crippen LogP contribution >= 0.6 is 22.7 Å². The van der Waals surface area contributed by atoms with Gasteiger partial charge in [0.25, 0.3) is 0 Å². The molecule has 0 radical (unpaired) electrons. The normalized spacial score (nSPS) is 16.0. The van der Waals surface area contributed by atoms with Crippen LogP contribution in [0.4, 0.5) is 13.2 Å². The summed E-state index contributed by atoms with van der Waals surface area (Å²) in [5, 5.41) is 1.26. The maximum atomic E-state index is 13.2. The van der Waals surface area contributed by atoms with Gasteiger partial charge in [-0.25, -0.2) is 9.78 Å². The van der Waals surface area contributed by atoms with Crippen molar-refractivity contribution in [3.05, 3.63) is 37.5 Å². The summed E-state index contributed by atoms with van der Waals surface area (Å²) in [6.07, 6.45) is -3.16. The quantitative estimate of drug-likeness (QED) is 0.734. The molecule has 0 N–H and O–H groups in total. The first-order valence-electron chi connectivity index (χ1n) is 7.16. The van der Waals surface area contributed by atoms with Gasteiger partial charge in [-0.05, 0) is 44.2 Å². The highest BCUT2D eigenvalue weighted by molar-refractivity contribution is 7.14. The average molecular weight is 361 g/mol. The molecule has 8 heteroatoms. The predicted octanol–water partition coefficient (Wildman–Crippen LogP) is 4.85. The molecule has 0 saturated heterocycles. The number of nitrogens with zero attached hydrogens (tertiary/aromatic N) is 1. The number of alkyl halides is 3. The second kappa shape index (κ2) is 6.24. The third kappa shape index (κ3) is 3.58. The summed E-state index contributed by atoms with van der Waals surface area (Å²) in [7, 11) is 0. The van der Waals surface area contributed by atoms with Gasteiger partial charge in [-0.2, -0.15) is 13.2 Å². The van der Waals surface area contributed by atoms with E-state index in [0.29, 0.717) is 5.69 Å². The molecule has 0 saturated carbocycles. The third-order valence-corrected chi connectivity index (χ3v) is 5.80. The molecular weight excluding hydrogens is 347 g/mol. The SMILES string of the molecule is Cc1csc(C(OC(=O)c2cc3c(s2)CCCC3)C(F)(F)F)n1. The Hall–Kier alpha value is -1.41. The molecule has 0 fully saturated rings. The lowest BCUT2D eigenvalue weighted by atomic mass is 9.99. The van der Waals surface area contributed by atoms with Crippen molar-refractivity contribution in [1.82, 2.24) is 4.98 Å². The van der Waals surface area contributed by atoms with Crippen molar-refractivity contribution < 1.29 is 22.7 Å². The van der Waals surface area contributed by atoms with Crippen LogP contribution in [0.3, 0.4) is 0 Å². The number of thiophene rings is 1. The number of rotatable bonds is 3. The molecule has 2 aromatic heterocycles. The van der Waals surface area contributed by atoms with Gasteiger partial charge in [0.1, 0.15) is 9.88 Å². The van der Waals surface area contributed by atoms with Crippen molar-refractivity contribution in [3.8, 4) is 0 Å². The maximum absolute atomic E-state index is 13.2. The van der Waals surface area contributed by atoms with Crippen molar-refractivity contribution in [1.29, 1.82) is 0 Å². The van der Waals surface area contributed by atoms with E-state index >= 15 is 0 Å². The summed E-state index contributed by atoms with van der Waals surface area (Å²) < 4.78 is 44.4. The van der Waals surface area contributed by atoms with Crippen LogP contribution in [0.5, 0.6) is 0 Å². The van der Waals surface area contributed by atoms with Crippen molar-refractivity contribution in [2.45, 2.75) is 44.9 Å². The van der Waals surface area contributed by atoms with Crippen molar-refractivity contribution >= 4 is 28.6 Å². The Morgan fingerprint density at radius 3 is 2.70 bits per heavy atom. The van der Waals surface area contributed by atoms with E-state index in [0.717, 1.165) is 47.5 Å². The molecule has 1 unspecified atom stereocenters. The van der Waals surface area contributed by atoms with Crippen molar-refractivity contribution in [3.63, 3.8) is 0 Å². The fraction of sp³-hybridized carbons (Fsp3) is 0.467. The summed E-state index contributed by atoms with van der Waals surface area (Å²) in [4.78, 5) is 17.3. The van der Waals surface area contributed by atoms with Crippen LogP contribution in [-0.2, 0) is 17.6 Å². The van der Waals surface area contributed by atoms with Gasteiger partial charge < -0.3 is 4.74 Å². The number of fused-ring (bicyclic) bond motifs is 1. The van der Waals surface area contributed by atoms with Crippen LogP contribution in [0.2, 0.25) is 0 Å². The monoisotopic (exact) mass is 361 g/mol. The summed E-state index contributed by atoms with van der Waals surface area (Å²) in [5.41, 5.74) is 1.53. The van der Waals surface area contributed by atoms with Gasteiger partial charge in [-0.15, -0.1) is 22.7 Å². The standard InChI is InChI=1S/C15H14F3NO2S2/c1-8-7-22-13(19-8)12(15(16,17)18)21-14(20)11-6-9-4-2-3-5-10(9)23-11/h6-7,12H,2-5H2,1H3. The molecule has 3 nitrogen and oxygen atoms in total. The zero-order valence-electron chi connectivity index (χ0n) is 12.3. The smallest absolute Gasteiger partial charge is 0.432 e. The molecule has 3 rings (SSSR count). The van der Waals surface area contributed by atoms with Crippen LogP contribution in [-0.4, -0.2) is 17.1 Å². The Labute approximate surface area is 139 Å². The van der Waals surface area contributed by atoms with E-state index < -0.39 is 18.2 Å². The first kappa shape index (κ1) is 16.4. The predicted molar refractivity (Wildman–Crippen MR) is 82.0 cm³/mol. The summed E-state index contributed by atoms with van der Waals surface area (Å²) in [6.45, 7) is 1.60. The van der Waals surface area contributed by atoms with Gasteiger partial charge >= 0.3 is 12.1 Å². The molecule has 23 heavy (non-hydrogen) atoms. The molecule has 0 aromatic carbocycles. The van der Waals surface area contributed by atoms with Gasteiger partial charge in [0.05, 0.1) is 0 Å². The minimum atomic E-state index is -4.68. The summed E-state index contributed by atoms with van der Waals surface area (Å²) in [6, 6.07) is 1.67. The number of aryl methyl sites for hydroxylation is 3. The number of ether oxygens (including phenoxy) is 1. The van der Waals surface area contributed by atoms with E-state index in [9.17, 15) is 18.0 Å². The van der Waals surface area contributed by atoms with Crippen LogP contribution in [0.25, 0.3) is 0 Å². The molecular formula is C15H14F3NO2S2. The fourth-order valence-corrected chi connectivity index (χ4v) is 4.49. The van der Waals surface area contributed by atoms with E-state index in [4.69, 9.17) is 4.74 Å². The van der Waals surface area contributed by atoms with E-state index in [1.54, 1.807) is 13.0 Å². The lowest BCUT2D eigenvalue weighted by molar-refractivity contribution is -0.207. The molecule has 124 valence electrons. The molecule has 0 spiro atoms. The largest absolute Gasteiger partial charge is 0.441 e. The summed E-state index contributed by atoms with van der Waals surface area (Å²) in [5.74, 6) is -0.931. The highest BCUT2D eigenvalue weighted by Gasteiger charge is 2.46.